The van der Waals surface area contributed by atoms with Crippen LogP contribution in [0.15, 0.2) is 41.3 Å². The molecule has 1 aliphatic rings. The summed E-state index contributed by atoms with van der Waals surface area (Å²) in [6.07, 6.45) is 3.20. The molecule has 108 valence electrons. The van der Waals surface area contributed by atoms with Gasteiger partial charge in [0.1, 0.15) is 5.56 Å². The molecular formula is C17H18N2O2. The highest BCUT2D eigenvalue weighted by Gasteiger charge is 2.21. The van der Waals surface area contributed by atoms with Crippen molar-refractivity contribution in [3.8, 4) is 0 Å². The molecule has 0 saturated heterocycles. The Kier molecular flexibility index (Phi) is 3.60. The van der Waals surface area contributed by atoms with E-state index in [2.05, 4.69) is 17.1 Å². The van der Waals surface area contributed by atoms with Crippen LogP contribution in [0.5, 0.6) is 0 Å². The predicted molar refractivity (Wildman–Crippen MR) is 81.6 cm³/mol. The van der Waals surface area contributed by atoms with Gasteiger partial charge >= 0.3 is 0 Å². The average Bonchev–Trinajstić information content (AvgIpc) is 2.69. The summed E-state index contributed by atoms with van der Waals surface area (Å²) in [5.41, 5.74) is 3.38. The van der Waals surface area contributed by atoms with Gasteiger partial charge in [-0.1, -0.05) is 24.3 Å². The third-order valence-corrected chi connectivity index (χ3v) is 4.00. The van der Waals surface area contributed by atoms with Crippen molar-refractivity contribution in [2.45, 2.75) is 19.8 Å². The number of carbonyl (C=O) groups excluding carboxylic acids is 1. The maximum absolute atomic E-state index is 12.5. The lowest BCUT2D eigenvalue weighted by Crippen LogP contribution is -2.36. The fourth-order valence-electron chi connectivity index (χ4n) is 2.78. The summed E-state index contributed by atoms with van der Waals surface area (Å²) in [5, 5.41) is 0. The minimum atomic E-state index is -0.210. The summed E-state index contributed by atoms with van der Waals surface area (Å²) >= 11 is 0. The first kappa shape index (κ1) is 13.6. The molecule has 0 aliphatic carbocycles. The van der Waals surface area contributed by atoms with Crippen molar-refractivity contribution in [1.82, 2.24) is 9.88 Å². The van der Waals surface area contributed by atoms with E-state index in [9.17, 15) is 9.59 Å². The highest BCUT2D eigenvalue weighted by atomic mass is 16.2. The Hall–Kier alpha value is -2.36. The van der Waals surface area contributed by atoms with E-state index in [0.717, 1.165) is 18.5 Å². The van der Waals surface area contributed by atoms with Gasteiger partial charge in [0.2, 0.25) is 0 Å². The monoisotopic (exact) mass is 282 g/mol. The average molecular weight is 282 g/mol. The van der Waals surface area contributed by atoms with Crippen LogP contribution in [0.1, 0.15) is 27.2 Å². The third-order valence-electron chi connectivity index (χ3n) is 4.00. The smallest absolute Gasteiger partial charge is 0.259 e. The number of aryl methyl sites for hydroxylation is 1. The topological polar surface area (TPSA) is 53.2 Å². The molecule has 0 spiro atoms. The number of hydrogen-bond acceptors (Lipinski definition) is 2. The van der Waals surface area contributed by atoms with Gasteiger partial charge < -0.3 is 9.88 Å². The van der Waals surface area contributed by atoms with Gasteiger partial charge in [-0.25, -0.2) is 0 Å². The van der Waals surface area contributed by atoms with E-state index in [1.807, 2.05) is 12.1 Å². The summed E-state index contributed by atoms with van der Waals surface area (Å²) in [6, 6.07) is 9.76. The molecule has 0 saturated carbocycles. The fraction of sp³-hybridized carbons (Fsp3) is 0.294. The number of aromatic amines is 1. The maximum atomic E-state index is 12.5. The zero-order valence-electron chi connectivity index (χ0n) is 12.1. The minimum Gasteiger partial charge on any atom is -0.364 e. The van der Waals surface area contributed by atoms with Gasteiger partial charge in [0, 0.05) is 31.0 Å². The first-order chi connectivity index (χ1) is 10.1. The second kappa shape index (κ2) is 5.56. The number of nitrogens with one attached hydrogen (secondary N) is 1. The molecule has 1 amide bonds. The van der Waals surface area contributed by atoms with Crippen LogP contribution in [0.2, 0.25) is 0 Å². The van der Waals surface area contributed by atoms with E-state index in [4.69, 9.17) is 0 Å². The summed E-state index contributed by atoms with van der Waals surface area (Å²) in [5.74, 6) is -0.177. The predicted octanol–water partition coefficient (Wildman–Crippen LogP) is 1.92. The van der Waals surface area contributed by atoms with Gasteiger partial charge in [-0.15, -0.1) is 0 Å². The van der Waals surface area contributed by atoms with Gasteiger partial charge in [-0.3, -0.25) is 9.59 Å². The Labute approximate surface area is 123 Å². The van der Waals surface area contributed by atoms with Crippen LogP contribution in [-0.4, -0.2) is 28.9 Å². The number of fused-ring (bicyclic) bond motifs is 1. The van der Waals surface area contributed by atoms with Crippen molar-refractivity contribution in [1.29, 1.82) is 0 Å². The first-order valence-electron chi connectivity index (χ1n) is 7.20. The molecule has 0 bridgehead atoms. The summed E-state index contributed by atoms with van der Waals surface area (Å²) in [6.45, 7) is 3.12. The Morgan fingerprint density at radius 2 is 1.76 bits per heavy atom. The molecule has 4 nitrogen and oxygen atoms in total. The molecule has 4 heteroatoms. The number of amides is 1. The van der Waals surface area contributed by atoms with Crippen molar-refractivity contribution in [2.24, 2.45) is 0 Å². The molecule has 1 aromatic heterocycles. The van der Waals surface area contributed by atoms with Crippen LogP contribution in [-0.2, 0) is 12.8 Å². The second-order valence-electron chi connectivity index (χ2n) is 5.45. The quantitative estimate of drug-likeness (QED) is 0.869. The van der Waals surface area contributed by atoms with E-state index < -0.39 is 0 Å². The second-order valence-corrected chi connectivity index (χ2v) is 5.45. The fourth-order valence-corrected chi connectivity index (χ4v) is 2.78. The largest absolute Gasteiger partial charge is 0.364 e. The molecule has 3 rings (SSSR count). The Morgan fingerprint density at radius 3 is 2.33 bits per heavy atom. The summed E-state index contributed by atoms with van der Waals surface area (Å²) < 4.78 is 0. The Bertz CT molecular complexity index is 707. The zero-order chi connectivity index (χ0) is 14.8. The number of carbonyl (C=O) groups is 1. The van der Waals surface area contributed by atoms with Gasteiger partial charge in [0.15, 0.2) is 5.43 Å². The van der Waals surface area contributed by atoms with Crippen molar-refractivity contribution < 1.29 is 4.79 Å². The number of pyridine rings is 1. The van der Waals surface area contributed by atoms with Crippen LogP contribution >= 0.6 is 0 Å². The molecule has 0 atom stereocenters. The van der Waals surface area contributed by atoms with E-state index in [1.165, 1.54) is 23.4 Å². The van der Waals surface area contributed by atoms with Crippen LogP contribution in [0.25, 0.3) is 0 Å². The van der Waals surface area contributed by atoms with Crippen molar-refractivity contribution >= 4 is 5.91 Å². The normalized spacial score (nSPS) is 14.4. The van der Waals surface area contributed by atoms with Crippen LogP contribution < -0.4 is 5.43 Å². The van der Waals surface area contributed by atoms with Crippen LogP contribution in [0.4, 0.5) is 0 Å². The Balaban J connectivity index is 1.82. The lowest BCUT2D eigenvalue weighted by molar-refractivity contribution is 0.0761. The standard InChI is InChI=1S/C17H18N2O2/c1-12-10-16(20)15(11-18-12)17(21)19-8-6-13-4-2-3-5-14(13)7-9-19/h2-5,10-11H,6-9H2,1H3,(H,18,20). The molecule has 1 N–H and O–H groups in total. The summed E-state index contributed by atoms with van der Waals surface area (Å²) in [7, 11) is 0. The van der Waals surface area contributed by atoms with Crippen molar-refractivity contribution in [3.63, 3.8) is 0 Å². The third kappa shape index (κ3) is 2.75. The molecule has 0 fully saturated rings. The molecule has 21 heavy (non-hydrogen) atoms. The highest BCUT2D eigenvalue weighted by molar-refractivity contribution is 5.93. The number of H-pyrrole nitrogens is 1. The zero-order valence-corrected chi connectivity index (χ0v) is 12.1. The van der Waals surface area contributed by atoms with E-state index >= 15 is 0 Å². The molecule has 2 heterocycles. The van der Waals surface area contributed by atoms with Gasteiger partial charge in [-0.05, 0) is 30.9 Å². The van der Waals surface area contributed by atoms with Crippen LogP contribution in [0.3, 0.4) is 0 Å². The van der Waals surface area contributed by atoms with Gasteiger partial charge in [0.05, 0.1) is 0 Å². The molecule has 0 unspecified atom stereocenters. The van der Waals surface area contributed by atoms with Crippen LogP contribution in [0, 0.1) is 6.92 Å². The number of benzene rings is 1. The highest BCUT2D eigenvalue weighted by Crippen LogP contribution is 2.16. The number of aromatic nitrogens is 1. The maximum Gasteiger partial charge on any atom is 0.259 e. The minimum absolute atomic E-state index is 0.177. The SMILES string of the molecule is Cc1cc(=O)c(C(=O)N2CCc3ccccc3CC2)c[nH]1. The molecule has 2 aromatic rings. The van der Waals surface area contributed by atoms with Gasteiger partial charge in [-0.2, -0.15) is 0 Å². The number of nitrogens with zero attached hydrogens (tertiary/aromatic N) is 1. The van der Waals surface area contributed by atoms with Gasteiger partial charge in [0.25, 0.3) is 5.91 Å². The van der Waals surface area contributed by atoms with E-state index in [-0.39, 0.29) is 16.9 Å². The van der Waals surface area contributed by atoms with Crippen molar-refractivity contribution in [3.05, 3.63) is 69.1 Å². The lowest BCUT2D eigenvalue weighted by Gasteiger charge is -2.19. The van der Waals surface area contributed by atoms with Crippen molar-refractivity contribution in [2.75, 3.05) is 13.1 Å². The van der Waals surface area contributed by atoms with E-state index in [1.54, 1.807) is 11.8 Å². The first-order valence-corrected chi connectivity index (χ1v) is 7.20. The Morgan fingerprint density at radius 1 is 1.14 bits per heavy atom. The molecule has 0 radical (unpaired) electrons. The molecule has 1 aromatic carbocycles. The van der Waals surface area contributed by atoms with E-state index in [0.29, 0.717) is 13.1 Å². The number of hydrogen-bond donors (Lipinski definition) is 1. The molecule has 1 aliphatic heterocycles. The lowest BCUT2D eigenvalue weighted by atomic mass is 10.0. The summed E-state index contributed by atoms with van der Waals surface area (Å²) in [4.78, 5) is 29.2. The number of rotatable bonds is 1. The molecular weight excluding hydrogens is 264 g/mol.